The van der Waals surface area contributed by atoms with Crippen molar-refractivity contribution in [1.82, 2.24) is 0 Å². The predicted molar refractivity (Wildman–Crippen MR) is 126 cm³/mol. The highest BCUT2D eigenvalue weighted by atomic mass is 16.5. The van der Waals surface area contributed by atoms with Crippen LogP contribution >= 0.6 is 0 Å². The first-order valence-electron chi connectivity index (χ1n) is 10.9. The lowest BCUT2D eigenvalue weighted by molar-refractivity contribution is -0.132. The number of hydrogen-bond donors (Lipinski definition) is 1. The van der Waals surface area contributed by atoms with E-state index in [0.717, 1.165) is 16.7 Å². The zero-order valence-corrected chi connectivity index (χ0v) is 19.4. The summed E-state index contributed by atoms with van der Waals surface area (Å²) in [6, 6.07) is 13.3. The quantitative estimate of drug-likeness (QED) is 0.313. The van der Waals surface area contributed by atoms with Crippen LogP contribution in [0.25, 0.3) is 5.76 Å². The molecule has 1 atom stereocenters. The average molecular weight is 446 g/mol. The van der Waals surface area contributed by atoms with Crippen LogP contribution in [0.3, 0.4) is 0 Å². The number of aryl methyl sites for hydroxylation is 2. The van der Waals surface area contributed by atoms with E-state index in [1.165, 1.54) is 11.2 Å². The number of furan rings is 1. The van der Waals surface area contributed by atoms with Gasteiger partial charge in [-0.15, -0.1) is 0 Å². The van der Waals surface area contributed by atoms with Crippen molar-refractivity contribution in [3.8, 4) is 5.75 Å². The molecule has 0 aliphatic carbocycles. The number of aliphatic hydroxyl groups is 1. The van der Waals surface area contributed by atoms with Crippen LogP contribution < -0.4 is 9.64 Å². The van der Waals surface area contributed by atoms with Crippen LogP contribution in [-0.2, 0) is 9.59 Å². The second-order valence-corrected chi connectivity index (χ2v) is 8.55. The minimum atomic E-state index is -0.882. The van der Waals surface area contributed by atoms with Gasteiger partial charge in [0.05, 0.1) is 17.9 Å². The van der Waals surface area contributed by atoms with Crippen molar-refractivity contribution in [2.75, 3.05) is 4.90 Å². The van der Waals surface area contributed by atoms with Gasteiger partial charge in [-0.2, -0.15) is 0 Å². The number of ketones is 1. The molecule has 1 saturated heterocycles. The number of amides is 1. The predicted octanol–water partition coefficient (Wildman–Crippen LogP) is 5.62. The highest BCUT2D eigenvalue weighted by Gasteiger charge is 2.48. The highest BCUT2D eigenvalue weighted by Crippen LogP contribution is 2.43. The largest absolute Gasteiger partial charge is 0.507 e. The summed E-state index contributed by atoms with van der Waals surface area (Å²) in [4.78, 5) is 27.9. The van der Waals surface area contributed by atoms with Gasteiger partial charge in [0, 0.05) is 11.3 Å². The fraction of sp³-hybridized carbons (Fsp3) is 0.259. The van der Waals surface area contributed by atoms with Crippen molar-refractivity contribution >= 4 is 23.1 Å². The Labute approximate surface area is 193 Å². The van der Waals surface area contributed by atoms with E-state index in [2.05, 4.69) is 0 Å². The van der Waals surface area contributed by atoms with Crippen LogP contribution in [-0.4, -0.2) is 22.9 Å². The smallest absolute Gasteiger partial charge is 0.300 e. The Balaban J connectivity index is 1.89. The van der Waals surface area contributed by atoms with Gasteiger partial charge in [-0.05, 0) is 87.7 Å². The first-order chi connectivity index (χ1) is 15.7. The number of benzene rings is 2. The zero-order chi connectivity index (χ0) is 23.9. The molecule has 1 aromatic heterocycles. The van der Waals surface area contributed by atoms with Crippen LogP contribution in [0.15, 0.2) is 64.8 Å². The third-order valence-corrected chi connectivity index (χ3v) is 5.90. The molecule has 6 nitrogen and oxygen atoms in total. The number of rotatable bonds is 5. The Morgan fingerprint density at radius 2 is 1.79 bits per heavy atom. The van der Waals surface area contributed by atoms with Crippen LogP contribution in [0, 0.1) is 20.8 Å². The molecule has 4 rings (SSSR count). The summed E-state index contributed by atoms with van der Waals surface area (Å²) in [6.45, 7) is 9.59. The number of carbonyl (C=O) groups is 2. The van der Waals surface area contributed by atoms with E-state index in [0.29, 0.717) is 22.8 Å². The van der Waals surface area contributed by atoms with Gasteiger partial charge in [0.15, 0.2) is 0 Å². The molecule has 33 heavy (non-hydrogen) atoms. The summed E-state index contributed by atoms with van der Waals surface area (Å²) in [5, 5.41) is 11.3. The molecule has 2 heterocycles. The Kier molecular flexibility index (Phi) is 5.85. The van der Waals surface area contributed by atoms with Crippen LogP contribution in [0.4, 0.5) is 5.69 Å². The lowest BCUT2D eigenvalue weighted by atomic mass is 9.97. The normalized spacial score (nSPS) is 17.8. The van der Waals surface area contributed by atoms with Gasteiger partial charge in [0.1, 0.15) is 23.3 Å². The van der Waals surface area contributed by atoms with E-state index in [-0.39, 0.29) is 17.4 Å². The molecular weight excluding hydrogens is 418 g/mol. The number of carbonyl (C=O) groups excluding carboxylic acids is 2. The molecule has 0 radical (unpaired) electrons. The summed E-state index contributed by atoms with van der Waals surface area (Å²) in [5.74, 6) is -0.618. The Morgan fingerprint density at radius 1 is 1.03 bits per heavy atom. The minimum Gasteiger partial charge on any atom is -0.507 e. The van der Waals surface area contributed by atoms with E-state index in [9.17, 15) is 14.7 Å². The van der Waals surface area contributed by atoms with Gasteiger partial charge in [0.2, 0.25) is 0 Å². The number of nitrogens with zero attached hydrogens (tertiary/aromatic N) is 1. The van der Waals surface area contributed by atoms with Crippen molar-refractivity contribution in [3.05, 3.63) is 88.4 Å². The van der Waals surface area contributed by atoms with Crippen molar-refractivity contribution in [2.24, 2.45) is 0 Å². The lowest BCUT2D eigenvalue weighted by Crippen LogP contribution is -2.30. The molecule has 170 valence electrons. The molecule has 1 amide bonds. The maximum Gasteiger partial charge on any atom is 0.300 e. The van der Waals surface area contributed by atoms with Gasteiger partial charge in [-0.3, -0.25) is 14.5 Å². The zero-order valence-electron chi connectivity index (χ0n) is 19.4. The summed E-state index contributed by atoms with van der Waals surface area (Å²) >= 11 is 0. The molecule has 2 aromatic carbocycles. The van der Waals surface area contributed by atoms with E-state index in [1.807, 2.05) is 46.8 Å². The Hall–Kier alpha value is -3.80. The van der Waals surface area contributed by atoms with E-state index >= 15 is 0 Å². The van der Waals surface area contributed by atoms with Gasteiger partial charge in [-0.25, -0.2) is 0 Å². The van der Waals surface area contributed by atoms with E-state index in [1.54, 1.807) is 36.4 Å². The Morgan fingerprint density at radius 3 is 2.42 bits per heavy atom. The monoisotopic (exact) mass is 445 g/mol. The van der Waals surface area contributed by atoms with Gasteiger partial charge in [-0.1, -0.05) is 12.1 Å². The second-order valence-electron chi connectivity index (χ2n) is 8.55. The molecule has 1 aliphatic heterocycles. The van der Waals surface area contributed by atoms with E-state index in [4.69, 9.17) is 9.15 Å². The maximum absolute atomic E-state index is 13.2. The first kappa shape index (κ1) is 22.4. The fourth-order valence-electron chi connectivity index (χ4n) is 4.13. The molecule has 1 fully saturated rings. The molecule has 3 aromatic rings. The van der Waals surface area contributed by atoms with Gasteiger partial charge < -0.3 is 14.3 Å². The second kappa shape index (κ2) is 8.62. The summed E-state index contributed by atoms with van der Waals surface area (Å²) in [6.07, 6.45) is 1.49. The highest BCUT2D eigenvalue weighted by molar-refractivity contribution is 6.51. The molecule has 6 heteroatoms. The van der Waals surface area contributed by atoms with Crippen molar-refractivity contribution in [3.63, 3.8) is 0 Å². The minimum absolute atomic E-state index is 0.00462. The molecule has 0 spiro atoms. The molecule has 0 saturated carbocycles. The number of anilines is 1. The molecule has 0 bridgehead atoms. The molecular formula is C27H27NO5. The molecule has 1 unspecified atom stereocenters. The molecule has 1 aliphatic rings. The average Bonchev–Trinajstić information content (AvgIpc) is 3.38. The summed E-state index contributed by atoms with van der Waals surface area (Å²) in [7, 11) is 0. The standard InChI is InChI=1S/C27H27NO5/c1-15(2)33-21-12-11-19(14-17(21)4)25(29)23-24(22-10-7-13-32-22)28(27(31)26(23)30)20-9-6-8-16(3)18(20)5/h6-15,24,29H,1-5H3/b25-23-. The third kappa shape index (κ3) is 3.93. The SMILES string of the molecule is Cc1cc(/C(O)=C2/C(=O)C(=O)N(c3cccc(C)c3C)C2c2ccco2)ccc1OC(C)C. The maximum atomic E-state index is 13.2. The number of aliphatic hydroxyl groups excluding tert-OH is 1. The van der Waals surface area contributed by atoms with Crippen LogP contribution in [0.5, 0.6) is 5.75 Å². The first-order valence-corrected chi connectivity index (χ1v) is 10.9. The van der Waals surface area contributed by atoms with Crippen molar-refractivity contribution in [1.29, 1.82) is 0 Å². The fourth-order valence-corrected chi connectivity index (χ4v) is 4.13. The van der Waals surface area contributed by atoms with E-state index < -0.39 is 17.7 Å². The number of ether oxygens (including phenoxy) is 1. The van der Waals surface area contributed by atoms with Gasteiger partial charge in [0.25, 0.3) is 11.7 Å². The van der Waals surface area contributed by atoms with Crippen molar-refractivity contribution < 1.29 is 23.8 Å². The van der Waals surface area contributed by atoms with Crippen molar-refractivity contribution in [2.45, 2.75) is 46.8 Å². The summed E-state index contributed by atoms with van der Waals surface area (Å²) < 4.78 is 11.4. The van der Waals surface area contributed by atoms with Crippen LogP contribution in [0.1, 0.15) is 47.9 Å². The third-order valence-electron chi connectivity index (χ3n) is 5.90. The van der Waals surface area contributed by atoms with Crippen LogP contribution in [0.2, 0.25) is 0 Å². The lowest BCUT2D eigenvalue weighted by Gasteiger charge is -2.25. The summed E-state index contributed by atoms with van der Waals surface area (Å²) in [5.41, 5.74) is 3.71. The van der Waals surface area contributed by atoms with Gasteiger partial charge >= 0.3 is 0 Å². The topological polar surface area (TPSA) is 80.0 Å². The number of Topliss-reactive ketones (excluding diaryl/α,β-unsaturated/α-hetero) is 1. The number of hydrogen-bond acceptors (Lipinski definition) is 5. The molecule has 1 N–H and O–H groups in total. The Bertz CT molecular complexity index is 1250.